The smallest absolute Gasteiger partial charge is 0.00726 e. The van der Waals surface area contributed by atoms with E-state index in [1.54, 1.807) is 0 Å². The van der Waals surface area contributed by atoms with Crippen molar-refractivity contribution in [2.75, 3.05) is 5.75 Å². The molecule has 0 heterocycles. The number of rotatable bonds is 8. The third-order valence-corrected chi connectivity index (χ3v) is 4.82. The lowest BCUT2D eigenvalue weighted by atomic mass is 9.84. The predicted octanol–water partition coefficient (Wildman–Crippen LogP) is 4.98. The van der Waals surface area contributed by atoms with Crippen LogP contribution in [0.2, 0.25) is 0 Å². The van der Waals surface area contributed by atoms with Crippen LogP contribution < -0.4 is 0 Å². The number of thioether (sulfide) groups is 1. The molecule has 1 heteroatoms. The van der Waals surface area contributed by atoms with Crippen molar-refractivity contribution in [1.29, 1.82) is 0 Å². The summed E-state index contributed by atoms with van der Waals surface area (Å²) in [7, 11) is 0. The summed E-state index contributed by atoms with van der Waals surface area (Å²) in [6, 6.07) is 0. The lowest BCUT2D eigenvalue weighted by molar-refractivity contribution is 0.312. The fourth-order valence-electron chi connectivity index (χ4n) is 2.37. The molecule has 86 valence electrons. The molecule has 0 aliphatic carbocycles. The molecule has 0 aliphatic heterocycles. The van der Waals surface area contributed by atoms with Crippen LogP contribution in [0.25, 0.3) is 0 Å². The predicted molar refractivity (Wildman–Crippen MR) is 70.1 cm³/mol. The first kappa shape index (κ1) is 14.3. The second kappa shape index (κ2) is 8.64. The maximum atomic E-state index is 2.46. The molecule has 0 saturated heterocycles. The van der Waals surface area contributed by atoms with Gasteiger partial charge in [-0.2, -0.15) is 11.8 Å². The summed E-state index contributed by atoms with van der Waals surface area (Å²) in [6.07, 6.45) is 5.45. The summed E-state index contributed by atoms with van der Waals surface area (Å²) in [4.78, 5) is 0. The van der Waals surface area contributed by atoms with Gasteiger partial charge in [-0.25, -0.2) is 0 Å². The van der Waals surface area contributed by atoms with E-state index in [1.165, 1.54) is 31.4 Å². The molecular formula is C13H28S. The topological polar surface area (TPSA) is 0 Å². The average molecular weight is 216 g/mol. The van der Waals surface area contributed by atoms with Crippen molar-refractivity contribution in [2.45, 2.75) is 65.6 Å². The highest BCUT2D eigenvalue weighted by Gasteiger charge is 2.22. The van der Waals surface area contributed by atoms with Gasteiger partial charge in [-0.3, -0.25) is 0 Å². The Bertz CT molecular complexity index is 108. The van der Waals surface area contributed by atoms with Gasteiger partial charge in [-0.15, -0.1) is 0 Å². The van der Waals surface area contributed by atoms with Crippen LogP contribution in [0, 0.1) is 11.8 Å². The van der Waals surface area contributed by atoms with Gasteiger partial charge < -0.3 is 0 Å². The van der Waals surface area contributed by atoms with Crippen molar-refractivity contribution in [1.82, 2.24) is 0 Å². The monoisotopic (exact) mass is 216 g/mol. The molecule has 3 unspecified atom stereocenters. The van der Waals surface area contributed by atoms with Crippen molar-refractivity contribution in [2.24, 2.45) is 11.8 Å². The molecule has 0 nitrogen and oxygen atoms in total. The van der Waals surface area contributed by atoms with Crippen LogP contribution in [0.4, 0.5) is 0 Å². The maximum absolute atomic E-state index is 2.46. The summed E-state index contributed by atoms with van der Waals surface area (Å²) in [5.74, 6) is 3.12. The van der Waals surface area contributed by atoms with Crippen LogP contribution in [0.3, 0.4) is 0 Å². The van der Waals surface area contributed by atoms with Crippen LogP contribution in [-0.2, 0) is 0 Å². The lowest BCUT2D eigenvalue weighted by Gasteiger charge is -2.29. The average Bonchev–Trinajstić information content (AvgIpc) is 2.21. The van der Waals surface area contributed by atoms with Gasteiger partial charge in [0.15, 0.2) is 0 Å². The Hall–Kier alpha value is 0.350. The quantitative estimate of drug-likeness (QED) is 0.551. The van der Waals surface area contributed by atoms with Crippen molar-refractivity contribution in [3.8, 4) is 0 Å². The summed E-state index contributed by atoms with van der Waals surface area (Å²) in [5, 5.41) is 0.886. The van der Waals surface area contributed by atoms with Gasteiger partial charge in [0, 0.05) is 5.25 Å². The van der Waals surface area contributed by atoms with E-state index >= 15 is 0 Å². The zero-order valence-corrected chi connectivity index (χ0v) is 11.5. The second-order valence-corrected chi connectivity index (χ2v) is 5.73. The van der Waals surface area contributed by atoms with Gasteiger partial charge in [0.1, 0.15) is 0 Å². The van der Waals surface area contributed by atoms with Gasteiger partial charge in [0.25, 0.3) is 0 Å². The highest BCUT2D eigenvalue weighted by Crippen LogP contribution is 2.32. The molecule has 0 N–H and O–H groups in total. The third-order valence-electron chi connectivity index (χ3n) is 3.30. The maximum Gasteiger partial charge on any atom is 0.00726 e. The number of hydrogen-bond acceptors (Lipinski definition) is 1. The Morgan fingerprint density at radius 1 is 1.00 bits per heavy atom. The van der Waals surface area contributed by atoms with E-state index in [9.17, 15) is 0 Å². The molecule has 0 spiro atoms. The SMILES string of the molecule is CCCC(CC)C(C)C(CC)SCC. The molecule has 0 saturated carbocycles. The summed E-state index contributed by atoms with van der Waals surface area (Å²) in [5.41, 5.74) is 0. The molecule has 14 heavy (non-hydrogen) atoms. The van der Waals surface area contributed by atoms with E-state index in [-0.39, 0.29) is 0 Å². The van der Waals surface area contributed by atoms with Crippen LogP contribution >= 0.6 is 11.8 Å². The molecule has 0 rings (SSSR count). The summed E-state index contributed by atoms with van der Waals surface area (Å²) >= 11 is 2.15. The fraction of sp³-hybridized carbons (Fsp3) is 1.00. The largest absolute Gasteiger partial charge is 0.159 e. The van der Waals surface area contributed by atoms with Crippen LogP contribution in [0.5, 0.6) is 0 Å². The zero-order chi connectivity index (χ0) is 11.0. The first-order valence-electron chi connectivity index (χ1n) is 6.32. The standard InChI is InChI=1S/C13H28S/c1-6-10-12(7-2)11(5)13(8-3)14-9-4/h11-13H,6-10H2,1-5H3. The molecule has 3 atom stereocenters. The molecular weight excluding hydrogens is 188 g/mol. The van der Waals surface area contributed by atoms with Gasteiger partial charge in [-0.05, 0) is 24.0 Å². The Morgan fingerprint density at radius 3 is 2.00 bits per heavy atom. The van der Waals surface area contributed by atoms with Crippen molar-refractivity contribution in [3.63, 3.8) is 0 Å². The Kier molecular flexibility index (Phi) is 8.86. The highest BCUT2D eigenvalue weighted by molar-refractivity contribution is 7.99. The minimum atomic E-state index is 0.886. The zero-order valence-electron chi connectivity index (χ0n) is 10.7. The van der Waals surface area contributed by atoms with E-state index < -0.39 is 0 Å². The first-order chi connectivity index (χ1) is 6.71. The van der Waals surface area contributed by atoms with E-state index in [0.29, 0.717) is 0 Å². The van der Waals surface area contributed by atoms with Crippen LogP contribution in [-0.4, -0.2) is 11.0 Å². The van der Waals surface area contributed by atoms with E-state index in [2.05, 4.69) is 46.4 Å². The van der Waals surface area contributed by atoms with Crippen LogP contribution in [0.15, 0.2) is 0 Å². The Balaban J connectivity index is 4.13. The summed E-state index contributed by atoms with van der Waals surface area (Å²) < 4.78 is 0. The van der Waals surface area contributed by atoms with Crippen molar-refractivity contribution in [3.05, 3.63) is 0 Å². The molecule has 0 aliphatic rings. The van der Waals surface area contributed by atoms with Crippen LogP contribution in [0.1, 0.15) is 60.3 Å². The van der Waals surface area contributed by atoms with Gasteiger partial charge in [-0.1, -0.05) is 53.9 Å². The molecule has 0 aromatic heterocycles. The molecule has 0 aromatic rings. The van der Waals surface area contributed by atoms with Gasteiger partial charge >= 0.3 is 0 Å². The third kappa shape index (κ3) is 4.72. The molecule has 0 amide bonds. The molecule has 0 radical (unpaired) electrons. The van der Waals surface area contributed by atoms with Gasteiger partial charge in [0.05, 0.1) is 0 Å². The second-order valence-electron chi connectivity index (χ2n) is 4.22. The molecule has 0 fully saturated rings. The summed E-state index contributed by atoms with van der Waals surface area (Å²) in [6.45, 7) is 11.7. The molecule has 0 bridgehead atoms. The van der Waals surface area contributed by atoms with E-state index in [0.717, 1.165) is 17.1 Å². The lowest BCUT2D eigenvalue weighted by Crippen LogP contribution is -2.22. The molecule has 0 aromatic carbocycles. The minimum absolute atomic E-state index is 0.886. The highest BCUT2D eigenvalue weighted by atomic mass is 32.2. The van der Waals surface area contributed by atoms with E-state index in [4.69, 9.17) is 0 Å². The van der Waals surface area contributed by atoms with Crippen molar-refractivity contribution < 1.29 is 0 Å². The fourth-order valence-corrected chi connectivity index (χ4v) is 3.56. The van der Waals surface area contributed by atoms with Crippen molar-refractivity contribution >= 4 is 11.8 Å². The first-order valence-corrected chi connectivity index (χ1v) is 7.37. The minimum Gasteiger partial charge on any atom is -0.159 e. The number of hydrogen-bond donors (Lipinski definition) is 0. The van der Waals surface area contributed by atoms with Gasteiger partial charge in [0.2, 0.25) is 0 Å². The normalized spacial score (nSPS) is 17.8. The van der Waals surface area contributed by atoms with E-state index in [1.807, 2.05) is 0 Å². The Morgan fingerprint density at radius 2 is 1.64 bits per heavy atom. The Labute approximate surface area is 95.2 Å².